The molecular formula is C15H17BrN4. The maximum atomic E-state index is 6.03. The van der Waals surface area contributed by atoms with E-state index in [2.05, 4.69) is 25.9 Å². The molecule has 0 aromatic carbocycles. The van der Waals surface area contributed by atoms with Crippen LogP contribution in [0, 0.1) is 0 Å². The number of anilines is 1. The van der Waals surface area contributed by atoms with Crippen LogP contribution < -0.4 is 5.73 Å². The van der Waals surface area contributed by atoms with Crippen LogP contribution in [-0.2, 0) is 6.42 Å². The Hall–Kier alpha value is -1.49. The van der Waals surface area contributed by atoms with Gasteiger partial charge in [-0.1, -0.05) is 18.9 Å². The third kappa shape index (κ3) is 2.82. The van der Waals surface area contributed by atoms with E-state index in [9.17, 15) is 0 Å². The van der Waals surface area contributed by atoms with Gasteiger partial charge in [0.2, 0.25) is 0 Å². The van der Waals surface area contributed by atoms with Crippen molar-refractivity contribution in [2.45, 2.75) is 38.0 Å². The minimum Gasteiger partial charge on any atom is -0.383 e. The molecule has 1 saturated carbocycles. The van der Waals surface area contributed by atoms with Crippen LogP contribution in [0.15, 0.2) is 29.0 Å². The molecule has 2 N–H and O–H groups in total. The summed E-state index contributed by atoms with van der Waals surface area (Å²) in [5, 5.41) is 0. The molecule has 0 unspecified atom stereocenters. The van der Waals surface area contributed by atoms with Crippen LogP contribution in [0.2, 0.25) is 0 Å². The van der Waals surface area contributed by atoms with Crippen molar-refractivity contribution in [3.63, 3.8) is 0 Å². The van der Waals surface area contributed by atoms with Gasteiger partial charge in [0.25, 0.3) is 0 Å². The first kappa shape index (κ1) is 13.5. The third-order valence-corrected chi connectivity index (χ3v) is 4.59. The predicted molar refractivity (Wildman–Crippen MR) is 82.4 cm³/mol. The van der Waals surface area contributed by atoms with Crippen LogP contribution in [-0.4, -0.2) is 15.0 Å². The van der Waals surface area contributed by atoms with Crippen molar-refractivity contribution >= 4 is 21.7 Å². The fourth-order valence-corrected chi connectivity index (χ4v) is 3.27. The van der Waals surface area contributed by atoms with Crippen molar-refractivity contribution in [2.75, 3.05) is 5.73 Å². The fourth-order valence-electron chi connectivity index (χ4n) is 2.77. The summed E-state index contributed by atoms with van der Waals surface area (Å²) in [6.07, 6.45) is 9.23. The van der Waals surface area contributed by atoms with Crippen LogP contribution >= 0.6 is 15.9 Å². The SMILES string of the molecule is Nc1nc(Cc2cccnc2)nc(C2CCCC2)c1Br. The lowest BCUT2D eigenvalue weighted by molar-refractivity contribution is 0.682. The predicted octanol–water partition coefficient (Wildman–Crippen LogP) is 3.46. The highest BCUT2D eigenvalue weighted by atomic mass is 79.9. The Morgan fingerprint density at radius 1 is 1.25 bits per heavy atom. The minimum atomic E-state index is 0.516. The van der Waals surface area contributed by atoms with Crippen LogP contribution in [0.25, 0.3) is 0 Å². The highest BCUT2D eigenvalue weighted by Crippen LogP contribution is 2.38. The molecule has 2 heterocycles. The van der Waals surface area contributed by atoms with Crippen molar-refractivity contribution < 1.29 is 0 Å². The lowest BCUT2D eigenvalue weighted by Crippen LogP contribution is -2.08. The van der Waals surface area contributed by atoms with Gasteiger partial charge in [-0.15, -0.1) is 0 Å². The molecule has 0 radical (unpaired) electrons. The molecule has 0 spiro atoms. The van der Waals surface area contributed by atoms with Gasteiger partial charge in [0, 0.05) is 24.7 Å². The molecule has 104 valence electrons. The quantitative estimate of drug-likeness (QED) is 0.934. The van der Waals surface area contributed by atoms with Gasteiger partial charge in [-0.05, 0) is 40.4 Å². The molecule has 0 aliphatic heterocycles. The molecule has 1 fully saturated rings. The topological polar surface area (TPSA) is 64.7 Å². The molecule has 0 atom stereocenters. The Kier molecular flexibility index (Phi) is 3.96. The zero-order valence-electron chi connectivity index (χ0n) is 11.2. The Balaban J connectivity index is 1.92. The molecule has 2 aromatic heterocycles. The lowest BCUT2D eigenvalue weighted by Gasteiger charge is -2.13. The molecule has 0 amide bonds. The van der Waals surface area contributed by atoms with Crippen molar-refractivity contribution in [1.82, 2.24) is 15.0 Å². The number of hydrogen-bond acceptors (Lipinski definition) is 4. The first-order valence-corrected chi connectivity index (χ1v) is 7.74. The van der Waals surface area contributed by atoms with E-state index >= 15 is 0 Å². The fraction of sp³-hybridized carbons (Fsp3) is 0.400. The number of rotatable bonds is 3. The van der Waals surface area contributed by atoms with Crippen molar-refractivity contribution in [3.8, 4) is 0 Å². The summed E-state index contributed by atoms with van der Waals surface area (Å²) in [5.74, 6) is 1.84. The summed E-state index contributed by atoms with van der Waals surface area (Å²) in [6.45, 7) is 0. The van der Waals surface area contributed by atoms with Gasteiger partial charge < -0.3 is 5.73 Å². The zero-order valence-corrected chi connectivity index (χ0v) is 12.8. The van der Waals surface area contributed by atoms with E-state index in [4.69, 9.17) is 10.7 Å². The standard InChI is InChI=1S/C15H17BrN4/c16-13-14(11-5-1-2-6-11)19-12(20-15(13)17)8-10-4-3-7-18-9-10/h3-4,7,9,11H,1-2,5-6,8H2,(H2,17,19,20). The zero-order chi connectivity index (χ0) is 13.9. The van der Waals surface area contributed by atoms with Crippen molar-refractivity contribution in [1.29, 1.82) is 0 Å². The summed E-state index contributed by atoms with van der Waals surface area (Å²) in [5.41, 5.74) is 8.21. The second kappa shape index (κ2) is 5.87. The lowest BCUT2D eigenvalue weighted by atomic mass is 10.0. The maximum Gasteiger partial charge on any atom is 0.141 e. The summed E-state index contributed by atoms with van der Waals surface area (Å²) in [6, 6.07) is 3.96. The number of aromatic nitrogens is 3. The molecule has 2 aromatic rings. The van der Waals surface area contributed by atoms with Gasteiger partial charge in [0.1, 0.15) is 11.6 Å². The van der Waals surface area contributed by atoms with Crippen LogP contribution in [0.5, 0.6) is 0 Å². The molecule has 0 bridgehead atoms. The summed E-state index contributed by atoms with van der Waals surface area (Å²) in [4.78, 5) is 13.3. The van der Waals surface area contributed by atoms with Crippen LogP contribution in [0.4, 0.5) is 5.82 Å². The van der Waals surface area contributed by atoms with Gasteiger partial charge in [-0.2, -0.15) is 0 Å². The largest absolute Gasteiger partial charge is 0.383 e. The van der Waals surface area contributed by atoms with E-state index in [1.54, 1.807) is 6.20 Å². The molecule has 4 nitrogen and oxygen atoms in total. The molecule has 1 aliphatic rings. The number of nitrogens with zero attached hydrogens (tertiary/aromatic N) is 3. The van der Waals surface area contributed by atoms with Gasteiger partial charge in [-0.25, -0.2) is 9.97 Å². The smallest absolute Gasteiger partial charge is 0.141 e. The number of nitrogen functional groups attached to an aromatic ring is 1. The van der Waals surface area contributed by atoms with Gasteiger partial charge in [-0.3, -0.25) is 4.98 Å². The first-order chi connectivity index (χ1) is 9.74. The van der Waals surface area contributed by atoms with Crippen LogP contribution in [0.1, 0.15) is 48.7 Å². The van der Waals surface area contributed by atoms with E-state index in [-0.39, 0.29) is 0 Å². The van der Waals surface area contributed by atoms with E-state index in [0.29, 0.717) is 18.2 Å². The van der Waals surface area contributed by atoms with Gasteiger partial charge in [0.05, 0.1) is 10.2 Å². The van der Waals surface area contributed by atoms with E-state index in [1.165, 1.54) is 25.7 Å². The summed E-state index contributed by atoms with van der Waals surface area (Å²) < 4.78 is 0.874. The Morgan fingerprint density at radius 3 is 2.75 bits per heavy atom. The third-order valence-electron chi connectivity index (χ3n) is 3.78. The minimum absolute atomic E-state index is 0.516. The molecule has 20 heavy (non-hydrogen) atoms. The number of halogens is 1. The number of hydrogen-bond donors (Lipinski definition) is 1. The second-order valence-electron chi connectivity index (χ2n) is 5.24. The monoisotopic (exact) mass is 332 g/mol. The average Bonchev–Trinajstić information content (AvgIpc) is 2.98. The Bertz CT molecular complexity index is 594. The highest BCUT2D eigenvalue weighted by Gasteiger charge is 2.23. The maximum absolute atomic E-state index is 6.03. The molecule has 5 heteroatoms. The first-order valence-electron chi connectivity index (χ1n) is 6.94. The Labute approximate surface area is 127 Å². The number of nitrogens with two attached hydrogens (primary N) is 1. The molecule has 1 aliphatic carbocycles. The average molecular weight is 333 g/mol. The molecular weight excluding hydrogens is 316 g/mol. The van der Waals surface area contributed by atoms with Crippen molar-refractivity contribution in [3.05, 3.63) is 46.1 Å². The molecule has 0 saturated heterocycles. The van der Waals surface area contributed by atoms with Crippen molar-refractivity contribution in [2.24, 2.45) is 0 Å². The van der Waals surface area contributed by atoms with Gasteiger partial charge in [0.15, 0.2) is 0 Å². The Morgan fingerprint density at radius 2 is 2.05 bits per heavy atom. The summed E-state index contributed by atoms with van der Waals surface area (Å²) in [7, 11) is 0. The van der Waals surface area contributed by atoms with Gasteiger partial charge >= 0.3 is 0 Å². The highest BCUT2D eigenvalue weighted by molar-refractivity contribution is 9.10. The molecule has 3 rings (SSSR count). The normalized spacial score (nSPS) is 15.7. The van der Waals surface area contributed by atoms with E-state index in [0.717, 1.165) is 21.6 Å². The van der Waals surface area contributed by atoms with Crippen LogP contribution in [0.3, 0.4) is 0 Å². The second-order valence-corrected chi connectivity index (χ2v) is 6.04. The van der Waals surface area contributed by atoms with E-state index in [1.807, 2.05) is 18.3 Å². The van der Waals surface area contributed by atoms with E-state index < -0.39 is 0 Å². The number of pyridine rings is 1. The summed E-state index contributed by atoms with van der Waals surface area (Å²) >= 11 is 3.55.